The molecule has 13 rings (SSSR count). The molecule has 3 heteroatoms. The van der Waals surface area contributed by atoms with Crippen LogP contribution >= 0.6 is 0 Å². The Kier molecular flexibility index (Phi) is 8.53. The predicted octanol–water partition coefficient (Wildman–Crippen LogP) is 16.5. The third-order valence-electron chi connectivity index (χ3n) is 13.2. The summed E-state index contributed by atoms with van der Waals surface area (Å²) in [4.78, 5) is 10.7. The summed E-state index contributed by atoms with van der Waals surface area (Å²) in [6.07, 6.45) is 0. The molecule has 302 valence electrons. The SMILES string of the molecule is c1ccc(-c2cc(-c3ccccc3)cc(-c3ccc(-c4nc(-c5cccc6c(-n7c8ccc9ccccc9c8c8c9ccccc9ccc87)cccc56)nc5ccccc45)cc3)c2)cc1. The largest absolute Gasteiger partial charge is 0.309 e. The molecule has 0 bridgehead atoms. The van der Waals surface area contributed by atoms with E-state index < -0.39 is 0 Å². The van der Waals surface area contributed by atoms with Crippen LogP contribution in [0.1, 0.15) is 0 Å². The van der Waals surface area contributed by atoms with Crippen molar-refractivity contribution in [2.24, 2.45) is 0 Å². The lowest BCUT2D eigenvalue weighted by atomic mass is 9.93. The van der Waals surface area contributed by atoms with Crippen molar-refractivity contribution in [2.45, 2.75) is 0 Å². The number of aromatic nitrogens is 3. The van der Waals surface area contributed by atoms with Crippen LogP contribution in [0.2, 0.25) is 0 Å². The van der Waals surface area contributed by atoms with Crippen molar-refractivity contribution in [3.05, 3.63) is 237 Å². The van der Waals surface area contributed by atoms with E-state index >= 15 is 0 Å². The minimum atomic E-state index is 0.702. The summed E-state index contributed by atoms with van der Waals surface area (Å²) < 4.78 is 2.46. The lowest BCUT2D eigenvalue weighted by molar-refractivity contribution is 1.20. The fourth-order valence-electron chi connectivity index (χ4n) is 10.1. The van der Waals surface area contributed by atoms with Gasteiger partial charge < -0.3 is 4.57 Å². The summed E-state index contributed by atoms with van der Waals surface area (Å²) in [5.74, 6) is 0.702. The van der Waals surface area contributed by atoms with Crippen LogP contribution in [0.4, 0.5) is 0 Å². The summed E-state index contributed by atoms with van der Waals surface area (Å²) in [7, 11) is 0. The Morgan fingerprint density at radius 3 is 1.38 bits per heavy atom. The van der Waals surface area contributed by atoms with Gasteiger partial charge in [-0.1, -0.05) is 194 Å². The molecule has 0 saturated heterocycles. The van der Waals surface area contributed by atoms with Crippen LogP contribution in [0.3, 0.4) is 0 Å². The molecule has 2 aromatic heterocycles. The molecule has 0 atom stereocenters. The second-order valence-electron chi connectivity index (χ2n) is 16.9. The maximum absolute atomic E-state index is 5.44. The lowest BCUT2D eigenvalue weighted by Gasteiger charge is -2.15. The Bertz CT molecular complexity index is 3830. The maximum atomic E-state index is 5.44. The van der Waals surface area contributed by atoms with Crippen molar-refractivity contribution in [3.63, 3.8) is 0 Å². The molecule has 0 amide bonds. The monoisotopic (exact) mass is 825 g/mol. The van der Waals surface area contributed by atoms with Gasteiger partial charge >= 0.3 is 0 Å². The van der Waals surface area contributed by atoms with Crippen molar-refractivity contribution in [2.75, 3.05) is 0 Å². The van der Waals surface area contributed by atoms with Crippen molar-refractivity contribution >= 4 is 65.0 Å². The second kappa shape index (κ2) is 15.0. The van der Waals surface area contributed by atoms with E-state index in [1.165, 1.54) is 71.2 Å². The number of benzene rings is 11. The van der Waals surface area contributed by atoms with Crippen molar-refractivity contribution in [1.82, 2.24) is 14.5 Å². The van der Waals surface area contributed by atoms with Crippen LogP contribution in [0.25, 0.3) is 127 Å². The van der Waals surface area contributed by atoms with E-state index in [9.17, 15) is 0 Å². The molecule has 0 aliphatic rings. The van der Waals surface area contributed by atoms with Crippen molar-refractivity contribution < 1.29 is 0 Å². The van der Waals surface area contributed by atoms with E-state index in [4.69, 9.17) is 9.97 Å². The molecule has 3 nitrogen and oxygen atoms in total. The molecule has 0 unspecified atom stereocenters. The summed E-state index contributed by atoms with van der Waals surface area (Å²) in [6, 6.07) is 85.2. The van der Waals surface area contributed by atoms with E-state index in [1.807, 2.05) is 0 Å². The Balaban J connectivity index is 0.961. The first-order valence-corrected chi connectivity index (χ1v) is 22.2. The Morgan fingerprint density at radius 2 is 0.769 bits per heavy atom. The normalized spacial score (nSPS) is 11.7. The van der Waals surface area contributed by atoms with E-state index in [0.717, 1.165) is 49.7 Å². The van der Waals surface area contributed by atoms with Crippen LogP contribution in [0.15, 0.2) is 237 Å². The molecule has 13 aromatic rings. The number of fused-ring (bicyclic) bond motifs is 9. The van der Waals surface area contributed by atoms with Gasteiger partial charge in [0.2, 0.25) is 0 Å². The van der Waals surface area contributed by atoms with Gasteiger partial charge in [0.05, 0.1) is 27.9 Å². The van der Waals surface area contributed by atoms with Crippen LogP contribution in [-0.2, 0) is 0 Å². The topological polar surface area (TPSA) is 30.7 Å². The number of para-hydroxylation sites is 1. The van der Waals surface area contributed by atoms with Gasteiger partial charge in [-0.05, 0) is 103 Å². The minimum absolute atomic E-state index is 0.702. The summed E-state index contributed by atoms with van der Waals surface area (Å²) in [5, 5.41) is 10.8. The molecule has 0 fully saturated rings. The third-order valence-corrected chi connectivity index (χ3v) is 13.2. The molecule has 0 N–H and O–H groups in total. The highest BCUT2D eigenvalue weighted by atomic mass is 15.0. The summed E-state index contributed by atoms with van der Waals surface area (Å²) >= 11 is 0. The number of nitrogens with zero attached hydrogens (tertiary/aromatic N) is 3. The van der Waals surface area contributed by atoms with Crippen molar-refractivity contribution in [3.8, 4) is 61.7 Å². The summed E-state index contributed by atoms with van der Waals surface area (Å²) in [6.45, 7) is 0. The van der Waals surface area contributed by atoms with Crippen LogP contribution in [-0.4, -0.2) is 14.5 Å². The minimum Gasteiger partial charge on any atom is -0.309 e. The Hall–Kier alpha value is -8.66. The zero-order valence-corrected chi connectivity index (χ0v) is 35.4. The molecule has 0 saturated carbocycles. The maximum Gasteiger partial charge on any atom is 0.161 e. The van der Waals surface area contributed by atoms with E-state index in [2.05, 4.69) is 241 Å². The average Bonchev–Trinajstić information content (AvgIpc) is 3.73. The molecule has 0 radical (unpaired) electrons. The second-order valence-corrected chi connectivity index (χ2v) is 16.9. The quantitative estimate of drug-likeness (QED) is 0.167. The predicted molar refractivity (Wildman–Crippen MR) is 274 cm³/mol. The number of rotatable bonds is 6. The summed E-state index contributed by atoms with van der Waals surface area (Å²) in [5.41, 5.74) is 14.4. The highest BCUT2D eigenvalue weighted by molar-refractivity contribution is 6.29. The molecule has 0 aliphatic heterocycles. The fraction of sp³-hybridized carbons (Fsp3) is 0. The van der Waals surface area contributed by atoms with E-state index in [1.54, 1.807) is 0 Å². The van der Waals surface area contributed by atoms with Gasteiger partial charge in [-0.2, -0.15) is 0 Å². The average molecular weight is 826 g/mol. The van der Waals surface area contributed by atoms with Crippen LogP contribution in [0, 0.1) is 0 Å². The lowest BCUT2D eigenvalue weighted by Crippen LogP contribution is -1.98. The van der Waals surface area contributed by atoms with Gasteiger partial charge in [-0.25, -0.2) is 9.97 Å². The van der Waals surface area contributed by atoms with Crippen LogP contribution < -0.4 is 0 Å². The fourth-order valence-corrected chi connectivity index (χ4v) is 10.1. The zero-order chi connectivity index (χ0) is 42.8. The van der Waals surface area contributed by atoms with Gasteiger partial charge in [-0.3, -0.25) is 0 Å². The Labute approximate surface area is 376 Å². The van der Waals surface area contributed by atoms with Gasteiger partial charge in [0, 0.05) is 32.7 Å². The smallest absolute Gasteiger partial charge is 0.161 e. The van der Waals surface area contributed by atoms with Gasteiger partial charge in [-0.15, -0.1) is 0 Å². The zero-order valence-electron chi connectivity index (χ0n) is 35.4. The molecular weight excluding hydrogens is 787 g/mol. The van der Waals surface area contributed by atoms with Gasteiger partial charge in [0.25, 0.3) is 0 Å². The van der Waals surface area contributed by atoms with Gasteiger partial charge in [0.15, 0.2) is 5.82 Å². The highest BCUT2D eigenvalue weighted by Crippen LogP contribution is 2.43. The molecular formula is C62H39N3. The Morgan fingerprint density at radius 1 is 0.292 bits per heavy atom. The van der Waals surface area contributed by atoms with E-state index in [-0.39, 0.29) is 0 Å². The first-order valence-electron chi connectivity index (χ1n) is 22.2. The van der Waals surface area contributed by atoms with Crippen LogP contribution in [0.5, 0.6) is 0 Å². The standard InChI is InChI=1S/C62H39N3/c1-3-15-40(16-4-1)46-37-47(41-17-5-2-6-18-41)39-48(38-46)42-29-31-45(32-30-42)61-54-23-11-12-27-55(54)63-62(64-61)53-26-13-25-52-51(53)24-14-28-56(52)65-57-35-33-43-19-7-9-21-49(43)59(57)60-50-22-10-8-20-44(50)34-36-58(60)65/h1-39H. The third kappa shape index (κ3) is 6.12. The molecule has 0 aliphatic carbocycles. The number of hydrogen-bond acceptors (Lipinski definition) is 2. The molecule has 65 heavy (non-hydrogen) atoms. The molecule has 2 heterocycles. The van der Waals surface area contributed by atoms with Gasteiger partial charge in [0.1, 0.15) is 0 Å². The first-order chi connectivity index (χ1) is 32.2. The number of hydrogen-bond donors (Lipinski definition) is 0. The van der Waals surface area contributed by atoms with E-state index in [0.29, 0.717) is 5.82 Å². The highest BCUT2D eigenvalue weighted by Gasteiger charge is 2.20. The van der Waals surface area contributed by atoms with Crippen molar-refractivity contribution in [1.29, 1.82) is 0 Å². The molecule has 0 spiro atoms. The molecule has 11 aromatic carbocycles. The first kappa shape index (κ1) is 36.9.